The van der Waals surface area contributed by atoms with E-state index < -0.39 is 17.7 Å². The maximum absolute atomic E-state index is 13.2. The molecule has 1 unspecified atom stereocenters. The number of anilines is 1. The summed E-state index contributed by atoms with van der Waals surface area (Å²) >= 11 is 0. The molecule has 1 aliphatic heterocycles. The topological polar surface area (TPSA) is 90.6 Å². The Kier molecular flexibility index (Phi) is 6.46. The summed E-state index contributed by atoms with van der Waals surface area (Å²) in [5.41, 5.74) is 3.03. The Bertz CT molecular complexity index is 1280. The van der Waals surface area contributed by atoms with Crippen molar-refractivity contribution in [3.63, 3.8) is 0 Å². The lowest BCUT2D eigenvalue weighted by Gasteiger charge is -2.25. The van der Waals surface area contributed by atoms with Crippen LogP contribution in [0.15, 0.2) is 78.4 Å². The van der Waals surface area contributed by atoms with Crippen LogP contribution in [0.4, 0.5) is 5.69 Å². The van der Waals surface area contributed by atoms with Crippen LogP contribution in [0.1, 0.15) is 41.6 Å². The zero-order chi connectivity index (χ0) is 24.2. The molecule has 4 rings (SSSR count). The average molecular weight is 453 g/mol. The Morgan fingerprint density at radius 1 is 1.00 bits per heavy atom. The minimum atomic E-state index is -0.838. The van der Waals surface area contributed by atoms with Crippen LogP contribution in [-0.2, 0) is 9.59 Å². The van der Waals surface area contributed by atoms with Crippen molar-refractivity contribution in [3.8, 4) is 11.8 Å². The van der Waals surface area contributed by atoms with Crippen molar-refractivity contribution in [2.24, 2.45) is 0 Å². The molecule has 0 radical (unpaired) electrons. The molecule has 1 saturated heterocycles. The van der Waals surface area contributed by atoms with Crippen LogP contribution in [0, 0.1) is 18.3 Å². The number of benzene rings is 3. The molecular formula is C28H24N2O4. The summed E-state index contributed by atoms with van der Waals surface area (Å²) in [6, 6.07) is 21.9. The van der Waals surface area contributed by atoms with Gasteiger partial charge in [0.2, 0.25) is 0 Å². The molecule has 0 spiro atoms. The number of Topliss-reactive ketones (excluding diaryl/α,β-unsaturated/α-hetero) is 1. The van der Waals surface area contributed by atoms with Crippen LogP contribution in [0.5, 0.6) is 5.75 Å². The molecule has 1 heterocycles. The monoisotopic (exact) mass is 452 g/mol. The second kappa shape index (κ2) is 9.63. The summed E-state index contributed by atoms with van der Waals surface area (Å²) in [6.07, 6.45) is 0.872. The van der Waals surface area contributed by atoms with Crippen molar-refractivity contribution < 1.29 is 19.4 Å². The molecule has 6 heteroatoms. The Hall–Kier alpha value is -4.37. The number of carbonyl (C=O) groups is 2. The van der Waals surface area contributed by atoms with Gasteiger partial charge in [-0.2, -0.15) is 5.26 Å². The molecule has 3 aromatic rings. The third-order valence-electron chi connectivity index (χ3n) is 5.71. The van der Waals surface area contributed by atoms with Crippen molar-refractivity contribution >= 4 is 23.1 Å². The minimum Gasteiger partial charge on any atom is -0.507 e. The van der Waals surface area contributed by atoms with Gasteiger partial charge in [-0.15, -0.1) is 0 Å². The SMILES string of the molecule is CCCOc1ccc(C2/C(=C(\O)c3ccc(C)cc3)C(=O)C(=O)N2c2ccc(C#N)cc2)cc1. The number of aryl methyl sites for hydroxylation is 1. The second-order valence-electron chi connectivity index (χ2n) is 8.11. The number of hydrogen-bond acceptors (Lipinski definition) is 5. The second-order valence-corrected chi connectivity index (χ2v) is 8.11. The highest BCUT2D eigenvalue weighted by Gasteiger charge is 2.46. The molecule has 0 aliphatic carbocycles. The standard InChI is InChI=1S/C28H24N2O4/c1-3-16-34-23-14-10-20(11-15-23)25-24(26(31)21-8-4-18(2)5-9-21)27(32)28(33)30(25)22-12-6-19(17-29)7-13-22/h4-15,25,31H,3,16H2,1-2H3/b26-24+. The molecule has 34 heavy (non-hydrogen) atoms. The quantitative estimate of drug-likeness (QED) is 0.312. The van der Waals surface area contributed by atoms with E-state index in [1.807, 2.05) is 26.0 Å². The summed E-state index contributed by atoms with van der Waals surface area (Å²) in [6.45, 7) is 4.52. The fraction of sp³-hybridized carbons (Fsp3) is 0.179. The Balaban J connectivity index is 1.86. The van der Waals surface area contributed by atoms with Crippen LogP contribution >= 0.6 is 0 Å². The van der Waals surface area contributed by atoms with E-state index >= 15 is 0 Å². The highest BCUT2D eigenvalue weighted by molar-refractivity contribution is 6.51. The summed E-state index contributed by atoms with van der Waals surface area (Å²) in [5.74, 6) is -1.06. The lowest BCUT2D eigenvalue weighted by Crippen LogP contribution is -2.29. The van der Waals surface area contributed by atoms with Crippen LogP contribution in [-0.4, -0.2) is 23.4 Å². The molecule has 170 valence electrons. The van der Waals surface area contributed by atoms with E-state index in [1.165, 1.54) is 4.90 Å². The predicted molar refractivity (Wildman–Crippen MR) is 129 cm³/mol. The smallest absolute Gasteiger partial charge is 0.300 e. The normalized spacial score (nSPS) is 17.0. The Morgan fingerprint density at radius 2 is 1.65 bits per heavy atom. The number of aliphatic hydroxyl groups excluding tert-OH is 1. The molecule has 0 saturated carbocycles. The Morgan fingerprint density at radius 3 is 2.24 bits per heavy atom. The highest BCUT2D eigenvalue weighted by Crippen LogP contribution is 2.42. The highest BCUT2D eigenvalue weighted by atomic mass is 16.5. The summed E-state index contributed by atoms with van der Waals surface area (Å²) in [5, 5.41) is 20.3. The van der Waals surface area contributed by atoms with Gasteiger partial charge in [0.25, 0.3) is 11.7 Å². The van der Waals surface area contributed by atoms with Gasteiger partial charge in [0.05, 0.1) is 29.9 Å². The molecule has 1 N–H and O–H groups in total. The van der Waals surface area contributed by atoms with Gasteiger partial charge in [0.15, 0.2) is 0 Å². The molecule has 1 amide bonds. The van der Waals surface area contributed by atoms with Gasteiger partial charge in [-0.05, 0) is 55.3 Å². The van der Waals surface area contributed by atoms with E-state index in [0.29, 0.717) is 34.7 Å². The van der Waals surface area contributed by atoms with E-state index in [0.717, 1.165) is 12.0 Å². The third kappa shape index (κ3) is 4.28. The Labute approximate surface area is 198 Å². The van der Waals surface area contributed by atoms with Gasteiger partial charge in [0, 0.05) is 11.3 Å². The largest absolute Gasteiger partial charge is 0.507 e. The first-order chi connectivity index (χ1) is 16.4. The summed E-state index contributed by atoms with van der Waals surface area (Å²) < 4.78 is 5.67. The fourth-order valence-electron chi connectivity index (χ4n) is 3.94. The van der Waals surface area contributed by atoms with E-state index in [2.05, 4.69) is 6.07 Å². The number of nitriles is 1. The van der Waals surface area contributed by atoms with Gasteiger partial charge in [-0.3, -0.25) is 14.5 Å². The molecule has 0 bridgehead atoms. The summed E-state index contributed by atoms with van der Waals surface area (Å²) in [7, 11) is 0. The number of hydrogen-bond donors (Lipinski definition) is 1. The minimum absolute atomic E-state index is 0.0143. The zero-order valence-corrected chi connectivity index (χ0v) is 19.0. The van der Waals surface area contributed by atoms with E-state index in [4.69, 9.17) is 10.00 Å². The zero-order valence-electron chi connectivity index (χ0n) is 19.0. The fourth-order valence-corrected chi connectivity index (χ4v) is 3.94. The lowest BCUT2D eigenvalue weighted by atomic mass is 9.94. The number of ether oxygens (including phenoxy) is 1. The summed E-state index contributed by atoms with van der Waals surface area (Å²) in [4.78, 5) is 27.8. The van der Waals surface area contributed by atoms with E-state index in [9.17, 15) is 14.7 Å². The molecule has 1 aliphatic rings. The number of carbonyl (C=O) groups excluding carboxylic acids is 2. The average Bonchev–Trinajstić information content (AvgIpc) is 3.13. The van der Waals surface area contributed by atoms with Crippen molar-refractivity contribution in [3.05, 3.63) is 101 Å². The van der Waals surface area contributed by atoms with Gasteiger partial charge >= 0.3 is 0 Å². The van der Waals surface area contributed by atoms with Gasteiger partial charge in [0.1, 0.15) is 11.5 Å². The predicted octanol–water partition coefficient (Wildman–Crippen LogP) is 5.28. The van der Waals surface area contributed by atoms with Crippen LogP contribution < -0.4 is 9.64 Å². The molecule has 0 aromatic heterocycles. The first-order valence-electron chi connectivity index (χ1n) is 11.1. The third-order valence-corrected chi connectivity index (χ3v) is 5.71. The number of nitrogens with zero attached hydrogens (tertiary/aromatic N) is 2. The lowest BCUT2D eigenvalue weighted by molar-refractivity contribution is -0.132. The molecule has 3 aromatic carbocycles. The van der Waals surface area contributed by atoms with E-state index in [-0.39, 0.29) is 11.3 Å². The number of ketones is 1. The van der Waals surface area contributed by atoms with Crippen molar-refractivity contribution in [2.45, 2.75) is 26.3 Å². The van der Waals surface area contributed by atoms with Crippen LogP contribution in [0.25, 0.3) is 5.76 Å². The molecule has 1 fully saturated rings. The van der Waals surface area contributed by atoms with Crippen molar-refractivity contribution in [1.82, 2.24) is 0 Å². The number of rotatable bonds is 6. The number of amides is 1. The first kappa shape index (κ1) is 22.8. The maximum Gasteiger partial charge on any atom is 0.300 e. The molecular weight excluding hydrogens is 428 g/mol. The van der Waals surface area contributed by atoms with Gasteiger partial charge < -0.3 is 9.84 Å². The van der Waals surface area contributed by atoms with Gasteiger partial charge in [-0.1, -0.05) is 48.9 Å². The van der Waals surface area contributed by atoms with Crippen LogP contribution in [0.3, 0.4) is 0 Å². The van der Waals surface area contributed by atoms with Crippen LogP contribution in [0.2, 0.25) is 0 Å². The molecule has 6 nitrogen and oxygen atoms in total. The molecule has 1 atom stereocenters. The van der Waals surface area contributed by atoms with Crippen molar-refractivity contribution in [1.29, 1.82) is 5.26 Å². The number of aliphatic hydroxyl groups is 1. The van der Waals surface area contributed by atoms with Crippen molar-refractivity contribution in [2.75, 3.05) is 11.5 Å². The first-order valence-corrected chi connectivity index (χ1v) is 11.1. The van der Waals surface area contributed by atoms with E-state index in [1.54, 1.807) is 60.7 Å². The maximum atomic E-state index is 13.2. The van der Waals surface area contributed by atoms with Gasteiger partial charge in [-0.25, -0.2) is 0 Å².